The average molecular weight is 465 g/mol. The van der Waals surface area contributed by atoms with Crippen molar-refractivity contribution in [1.29, 1.82) is 0 Å². The van der Waals surface area contributed by atoms with Crippen molar-refractivity contribution in [3.8, 4) is 5.75 Å². The monoisotopic (exact) mass is 464 g/mol. The molecule has 2 aromatic carbocycles. The maximum atomic E-state index is 12.7. The molecule has 0 saturated heterocycles. The van der Waals surface area contributed by atoms with Crippen LogP contribution >= 0.6 is 11.7 Å². The van der Waals surface area contributed by atoms with Crippen LogP contribution in [0.3, 0.4) is 0 Å². The number of amides is 1. The summed E-state index contributed by atoms with van der Waals surface area (Å²) in [6, 6.07) is 10.1. The fourth-order valence-corrected chi connectivity index (χ4v) is 4.60. The second kappa shape index (κ2) is 9.81. The number of nitrogens with zero attached hydrogens (tertiary/aromatic N) is 2. The van der Waals surface area contributed by atoms with Crippen LogP contribution < -0.4 is 14.8 Å². The van der Waals surface area contributed by atoms with E-state index in [9.17, 15) is 18.0 Å². The summed E-state index contributed by atoms with van der Waals surface area (Å²) in [5.41, 5.74) is 1.09. The highest BCUT2D eigenvalue weighted by atomic mass is 32.2. The summed E-state index contributed by atoms with van der Waals surface area (Å²) < 4.78 is 45.9. The molecule has 0 unspecified atom stereocenters. The van der Waals surface area contributed by atoms with Crippen molar-refractivity contribution in [1.82, 2.24) is 13.5 Å². The number of sulfonamides is 1. The van der Waals surface area contributed by atoms with Crippen LogP contribution in [0.25, 0.3) is 11.0 Å². The van der Waals surface area contributed by atoms with Gasteiger partial charge >= 0.3 is 5.97 Å². The van der Waals surface area contributed by atoms with Gasteiger partial charge in [-0.15, -0.1) is 0 Å². The Balaban J connectivity index is 1.58. The van der Waals surface area contributed by atoms with E-state index in [1.54, 1.807) is 30.3 Å². The van der Waals surface area contributed by atoms with Gasteiger partial charge in [-0.05, 0) is 38.1 Å². The average Bonchev–Trinajstić information content (AvgIpc) is 3.22. The number of fused-ring (bicyclic) bond motifs is 1. The smallest absolute Gasteiger partial charge is 0.324 e. The van der Waals surface area contributed by atoms with Crippen LogP contribution in [0.1, 0.15) is 13.8 Å². The standard InChI is InChI=1S/C19H20N4O6S2/c1-3-28-15-9-5-4-7-13(15)20-17(24)11-29-19(25)12(2)23-31(26,27)16-10-6-8-14-18(16)22-30-21-14/h4-10,12,23H,3,11H2,1-2H3,(H,20,24)/t12-/m0/s1. The third kappa shape index (κ3) is 5.54. The number of carbonyl (C=O) groups is 2. The molecule has 0 radical (unpaired) electrons. The SMILES string of the molecule is CCOc1ccccc1NC(=O)COC(=O)[C@H](C)NS(=O)(=O)c1cccc2nsnc12. The van der Waals surface area contributed by atoms with Crippen LogP contribution in [0.2, 0.25) is 0 Å². The lowest BCUT2D eigenvalue weighted by molar-refractivity contribution is -0.148. The molecule has 0 spiro atoms. The molecule has 1 amide bonds. The minimum absolute atomic E-state index is 0.0938. The fourth-order valence-electron chi connectivity index (χ4n) is 2.64. The van der Waals surface area contributed by atoms with Gasteiger partial charge in [0.2, 0.25) is 10.0 Å². The minimum Gasteiger partial charge on any atom is -0.492 e. The first-order valence-electron chi connectivity index (χ1n) is 9.23. The third-order valence-electron chi connectivity index (χ3n) is 4.03. The Hall–Kier alpha value is -3.09. The zero-order valence-corrected chi connectivity index (χ0v) is 18.3. The zero-order chi connectivity index (χ0) is 22.4. The highest BCUT2D eigenvalue weighted by Crippen LogP contribution is 2.23. The van der Waals surface area contributed by atoms with Crippen molar-refractivity contribution in [2.75, 3.05) is 18.5 Å². The van der Waals surface area contributed by atoms with E-state index < -0.39 is 34.5 Å². The summed E-state index contributed by atoms with van der Waals surface area (Å²) >= 11 is 0.887. The van der Waals surface area contributed by atoms with Gasteiger partial charge in [-0.3, -0.25) is 9.59 Å². The molecule has 1 aromatic heterocycles. The van der Waals surface area contributed by atoms with E-state index in [0.717, 1.165) is 11.7 Å². The van der Waals surface area contributed by atoms with Crippen LogP contribution in [-0.2, 0) is 24.3 Å². The summed E-state index contributed by atoms with van der Waals surface area (Å²) in [5, 5.41) is 2.59. The predicted molar refractivity (Wildman–Crippen MR) is 114 cm³/mol. The van der Waals surface area contributed by atoms with Crippen LogP contribution in [0.5, 0.6) is 5.75 Å². The molecular formula is C19H20N4O6S2. The second-order valence-electron chi connectivity index (χ2n) is 6.32. The Morgan fingerprint density at radius 2 is 1.90 bits per heavy atom. The molecule has 0 bridgehead atoms. The number of benzene rings is 2. The van der Waals surface area contributed by atoms with Crippen molar-refractivity contribution < 1.29 is 27.5 Å². The maximum absolute atomic E-state index is 12.7. The lowest BCUT2D eigenvalue weighted by Crippen LogP contribution is -2.40. The normalized spacial score (nSPS) is 12.3. The van der Waals surface area contributed by atoms with Gasteiger partial charge in [0.1, 0.15) is 27.7 Å². The van der Waals surface area contributed by atoms with Crippen LogP contribution in [0.15, 0.2) is 47.4 Å². The summed E-state index contributed by atoms with van der Waals surface area (Å²) in [6.45, 7) is 2.97. The van der Waals surface area contributed by atoms with Crippen molar-refractivity contribution in [3.63, 3.8) is 0 Å². The molecule has 2 N–H and O–H groups in total. The second-order valence-corrected chi connectivity index (χ2v) is 8.53. The Kier molecular flexibility index (Phi) is 7.15. The molecule has 3 rings (SSSR count). The molecule has 0 aliphatic heterocycles. The molecule has 31 heavy (non-hydrogen) atoms. The molecule has 0 saturated carbocycles. The largest absolute Gasteiger partial charge is 0.492 e. The summed E-state index contributed by atoms with van der Waals surface area (Å²) in [7, 11) is -4.06. The van der Waals surface area contributed by atoms with Crippen molar-refractivity contribution in [2.24, 2.45) is 0 Å². The minimum atomic E-state index is -4.06. The molecule has 0 fully saturated rings. The van der Waals surface area contributed by atoms with Crippen LogP contribution in [0, 0.1) is 0 Å². The van der Waals surface area contributed by atoms with Gasteiger partial charge < -0.3 is 14.8 Å². The van der Waals surface area contributed by atoms with Crippen LogP contribution in [-0.4, -0.2) is 48.3 Å². The number of hydrogen-bond acceptors (Lipinski definition) is 9. The van der Waals surface area contributed by atoms with Gasteiger partial charge in [0.05, 0.1) is 24.0 Å². The lowest BCUT2D eigenvalue weighted by atomic mass is 10.3. The number of carbonyl (C=O) groups excluding carboxylic acids is 2. The lowest BCUT2D eigenvalue weighted by Gasteiger charge is -2.14. The number of hydrogen-bond donors (Lipinski definition) is 2. The number of nitrogens with one attached hydrogen (secondary N) is 2. The molecule has 1 heterocycles. The molecule has 1 atom stereocenters. The Morgan fingerprint density at radius 1 is 1.13 bits per heavy atom. The van der Waals surface area contributed by atoms with E-state index >= 15 is 0 Å². The number of para-hydroxylation sites is 2. The van der Waals surface area contributed by atoms with E-state index in [4.69, 9.17) is 9.47 Å². The highest BCUT2D eigenvalue weighted by Gasteiger charge is 2.26. The van der Waals surface area contributed by atoms with Gasteiger partial charge in [-0.25, -0.2) is 8.42 Å². The van der Waals surface area contributed by atoms with Crippen molar-refractivity contribution in [2.45, 2.75) is 24.8 Å². The molecule has 164 valence electrons. The first kappa shape index (κ1) is 22.6. The molecule has 0 aliphatic carbocycles. The van der Waals surface area contributed by atoms with Gasteiger partial charge in [-0.1, -0.05) is 18.2 Å². The number of anilines is 1. The van der Waals surface area contributed by atoms with Gasteiger partial charge in [0.25, 0.3) is 5.91 Å². The third-order valence-corrected chi connectivity index (χ3v) is 6.15. The van der Waals surface area contributed by atoms with E-state index in [0.29, 0.717) is 23.6 Å². The first-order valence-corrected chi connectivity index (χ1v) is 11.4. The summed E-state index contributed by atoms with van der Waals surface area (Å²) in [5.74, 6) is -1.01. The summed E-state index contributed by atoms with van der Waals surface area (Å²) in [4.78, 5) is 24.2. The number of esters is 1. The van der Waals surface area contributed by atoms with Crippen LogP contribution in [0.4, 0.5) is 5.69 Å². The molecular weight excluding hydrogens is 444 g/mol. The molecule has 10 nitrogen and oxygen atoms in total. The highest BCUT2D eigenvalue weighted by molar-refractivity contribution is 7.89. The van der Waals surface area contributed by atoms with Crippen molar-refractivity contribution >= 4 is 50.3 Å². The fraction of sp³-hybridized carbons (Fsp3) is 0.263. The van der Waals surface area contributed by atoms with E-state index in [2.05, 4.69) is 18.8 Å². The Labute approximate surface area is 182 Å². The zero-order valence-electron chi connectivity index (χ0n) is 16.7. The molecule has 0 aliphatic rings. The maximum Gasteiger partial charge on any atom is 0.324 e. The number of aromatic nitrogens is 2. The van der Waals surface area contributed by atoms with Gasteiger partial charge in [-0.2, -0.15) is 13.5 Å². The van der Waals surface area contributed by atoms with Gasteiger partial charge in [0.15, 0.2) is 6.61 Å². The first-order chi connectivity index (χ1) is 14.8. The van der Waals surface area contributed by atoms with Crippen molar-refractivity contribution in [3.05, 3.63) is 42.5 Å². The van der Waals surface area contributed by atoms with E-state index in [-0.39, 0.29) is 10.4 Å². The Morgan fingerprint density at radius 3 is 2.68 bits per heavy atom. The van der Waals surface area contributed by atoms with E-state index in [1.165, 1.54) is 19.1 Å². The summed E-state index contributed by atoms with van der Waals surface area (Å²) in [6.07, 6.45) is 0. The predicted octanol–water partition coefficient (Wildman–Crippen LogP) is 1.94. The topological polar surface area (TPSA) is 137 Å². The van der Waals surface area contributed by atoms with Gasteiger partial charge in [0, 0.05) is 0 Å². The van der Waals surface area contributed by atoms with E-state index in [1.807, 2.05) is 6.92 Å². The molecule has 12 heteroatoms. The number of ether oxygens (including phenoxy) is 2. The number of rotatable bonds is 9. The quantitative estimate of drug-likeness (QED) is 0.459. The molecule has 3 aromatic rings. The Bertz CT molecular complexity index is 1190.